The highest BCUT2D eigenvalue weighted by atomic mass is 32.2. The first kappa shape index (κ1) is 17.0. The van der Waals surface area contributed by atoms with E-state index in [1.807, 2.05) is 11.3 Å². The van der Waals surface area contributed by atoms with Crippen molar-refractivity contribution in [1.29, 1.82) is 0 Å². The standard InChI is InChI=1S/C19H26N2S2/c1-19(2,3)21-23-16-12-8-7-11-15(16)17-13-20-18(22-17)14-9-5-4-6-10-14/h7-8,11-14,21H,4-6,9-10H2,1-3H3. The van der Waals surface area contributed by atoms with Crippen molar-refractivity contribution in [2.45, 2.75) is 69.2 Å². The molecule has 2 nitrogen and oxygen atoms in total. The van der Waals surface area contributed by atoms with Crippen molar-refractivity contribution < 1.29 is 0 Å². The van der Waals surface area contributed by atoms with E-state index in [0.717, 1.165) is 0 Å². The summed E-state index contributed by atoms with van der Waals surface area (Å²) in [5.74, 6) is 0.690. The van der Waals surface area contributed by atoms with Gasteiger partial charge in [0.1, 0.15) is 0 Å². The Bertz CT molecular complexity index is 637. The van der Waals surface area contributed by atoms with Crippen LogP contribution in [-0.2, 0) is 0 Å². The van der Waals surface area contributed by atoms with Gasteiger partial charge in [-0.05, 0) is 51.6 Å². The summed E-state index contributed by atoms with van der Waals surface area (Å²) in [6, 6.07) is 8.64. The zero-order valence-corrected chi connectivity index (χ0v) is 15.9. The fraction of sp³-hybridized carbons (Fsp3) is 0.526. The second-order valence-electron chi connectivity index (χ2n) is 7.35. The predicted molar refractivity (Wildman–Crippen MR) is 102 cm³/mol. The maximum absolute atomic E-state index is 4.76. The summed E-state index contributed by atoms with van der Waals surface area (Å²) in [4.78, 5) is 7.33. The molecule has 4 heteroatoms. The third-order valence-electron chi connectivity index (χ3n) is 4.10. The molecule has 1 aliphatic carbocycles. The molecule has 1 aromatic heterocycles. The van der Waals surface area contributed by atoms with E-state index < -0.39 is 0 Å². The Morgan fingerprint density at radius 3 is 2.61 bits per heavy atom. The molecular formula is C19H26N2S2. The normalized spacial score (nSPS) is 16.7. The second kappa shape index (κ2) is 7.37. The molecule has 1 fully saturated rings. The van der Waals surface area contributed by atoms with Crippen LogP contribution in [0.3, 0.4) is 0 Å². The van der Waals surface area contributed by atoms with Gasteiger partial charge in [0.05, 0.1) is 9.88 Å². The summed E-state index contributed by atoms with van der Waals surface area (Å²) in [5.41, 5.74) is 1.40. The third kappa shape index (κ3) is 4.59. The highest BCUT2D eigenvalue weighted by Crippen LogP contribution is 2.39. The monoisotopic (exact) mass is 346 g/mol. The molecule has 1 aliphatic rings. The number of hydrogen-bond acceptors (Lipinski definition) is 4. The Kier molecular flexibility index (Phi) is 5.45. The molecular weight excluding hydrogens is 320 g/mol. The molecule has 0 bridgehead atoms. The SMILES string of the molecule is CC(C)(C)NSc1ccccc1-c1cnc(C2CCCCC2)s1. The molecule has 1 saturated carbocycles. The number of hydrogen-bond donors (Lipinski definition) is 1. The summed E-state index contributed by atoms with van der Waals surface area (Å²) in [6.07, 6.45) is 8.82. The Hall–Kier alpha value is -0.840. The highest BCUT2D eigenvalue weighted by Gasteiger charge is 2.20. The predicted octanol–water partition coefficient (Wildman–Crippen LogP) is 6.25. The molecule has 0 aliphatic heterocycles. The van der Waals surface area contributed by atoms with Crippen molar-refractivity contribution in [3.8, 4) is 10.4 Å². The summed E-state index contributed by atoms with van der Waals surface area (Å²) in [6.45, 7) is 6.57. The lowest BCUT2D eigenvalue weighted by atomic mass is 9.90. The second-order valence-corrected chi connectivity index (χ2v) is 9.26. The molecule has 0 radical (unpaired) electrons. The van der Waals surface area contributed by atoms with E-state index in [9.17, 15) is 0 Å². The first-order valence-corrected chi connectivity index (χ1v) is 10.2. The smallest absolute Gasteiger partial charge is 0.0962 e. The maximum Gasteiger partial charge on any atom is 0.0962 e. The van der Waals surface area contributed by atoms with E-state index in [2.05, 4.69) is 56.0 Å². The number of rotatable bonds is 4. The largest absolute Gasteiger partial charge is 0.255 e. The van der Waals surface area contributed by atoms with Crippen LogP contribution in [0.2, 0.25) is 0 Å². The Morgan fingerprint density at radius 1 is 1.13 bits per heavy atom. The summed E-state index contributed by atoms with van der Waals surface area (Å²) >= 11 is 3.61. The molecule has 0 amide bonds. The van der Waals surface area contributed by atoms with E-state index >= 15 is 0 Å². The first-order chi connectivity index (χ1) is 11.0. The molecule has 1 N–H and O–H groups in total. The molecule has 0 unspecified atom stereocenters. The molecule has 2 aromatic rings. The van der Waals surface area contributed by atoms with Gasteiger partial charge in [0.15, 0.2) is 0 Å². The van der Waals surface area contributed by atoms with E-state index in [-0.39, 0.29) is 5.54 Å². The molecule has 124 valence electrons. The number of nitrogens with one attached hydrogen (secondary N) is 1. The quantitative estimate of drug-likeness (QED) is 0.662. The molecule has 0 spiro atoms. The van der Waals surface area contributed by atoms with Crippen molar-refractivity contribution in [3.05, 3.63) is 35.5 Å². The van der Waals surface area contributed by atoms with Gasteiger partial charge in [-0.2, -0.15) is 0 Å². The average Bonchev–Trinajstić information content (AvgIpc) is 3.03. The van der Waals surface area contributed by atoms with E-state index in [1.54, 1.807) is 11.9 Å². The van der Waals surface area contributed by atoms with Crippen molar-refractivity contribution in [2.75, 3.05) is 0 Å². The fourth-order valence-corrected chi connectivity index (χ4v) is 4.96. The van der Waals surface area contributed by atoms with Crippen molar-refractivity contribution in [2.24, 2.45) is 0 Å². The number of aromatic nitrogens is 1. The van der Waals surface area contributed by atoms with Crippen molar-refractivity contribution in [1.82, 2.24) is 9.71 Å². The molecule has 0 atom stereocenters. The number of nitrogens with zero attached hydrogens (tertiary/aromatic N) is 1. The summed E-state index contributed by atoms with van der Waals surface area (Å²) in [5, 5.41) is 1.34. The Morgan fingerprint density at radius 2 is 1.87 bits per heavy atom. The van der Waals surface area contributed by atoms with E-state index in [1.165, 1.54) is 52.4 Å². The average molecular weight is 347 g/mol. The van der Waals surface area contributed by atoms with Gasteiger partial charge in [-0.3, -0.25) is 4.72 Å². The topological polar surface area (TPSA) is 24.9 Å². The van der Waals surface area contributed by atoms with Gasteiger partial charge in [-0.1, -0.05) is 37.5 Å². The van der Waals surface area contributed by atoms with Gasteiger partial charge in [0, 0.05) is 28.1 Å². The minimum Gasteiger partial charge on any atom is -0.255 e. The number of benzene rings is 1. The van der Waals surface area contributed by atoms with Crippen LogP contribution in [-0.4, -0.2) is 10.5 Å². The molecule has 1 aromatic carbocycles. The zero-order chi connectivity index (χ0) is 16.3. The minimum atomic E-state index is 0.0960. The lowest BCUT2D eigenvalue weighted by Gasteiger charge is -2.20. The van der Waals surface area contributed by atoms with Gasteiger partial charge in [-0.15, -0.1) is 11.3 Å². The zero-order valence-electron chi connectivity index (χ0n) is 14.3. The van der Waals surface area contributed by atoms with Crippen molar-refractivity contribution >= 4 is 23.3 Å². The van der Waals surface area contributed by atoms with Gasteiger partial charge in [-0.25, -0.2) is 4.98 Å². The minimum absolute atomic E-state index is 0.0960. The van der Waals surface area contributed by atoms with Gasteiger partial charge < -0.3 is 0 Å². The van der Waals surface area contributed by atoms with E-state index in [4.69, 9.17) is 4.98 Å². The lowest BCUT2D eigenvalue weighted by molar-refractivity contribution is 0.442. The lowest BCUT2D eigenvalue weighted by Crippen LogP contribution is -2.29. The van der Waals surface area contributed by atoms with Gasteiger partial charge in [0.25, 0.3) is 0 Å². The summed E-state index contributed by atoms with van der Waals surface area (Å²) in [7, 11) is 0. The molecule has 1 heterocycles. The third-order valence-corrected chi connectivity index (χ3v) is 6.58. The first-order valence-electron chi connectivity index (χ1n) is 8.52. The highest BCUT2D eigenvalue weighted by molar-refractivity contribution is 7.97. The maximum atomic E-state index is 4.76. The fourth-order valence-electron chi connectivity index (χ4n) is 2.92. The summed E-state index contributed by atoms with van der Waals surface area (Å²) < 4.78 is 3.52. The molecule has 0 saturated heterocycles. The van der Waals surface area contributed by atoms with E-state index in [0.29, 0.717) is 5.92 Å². The van der Waals surface area contributed by atoms with Crippen LogP contribution in [0.5, 0.6) is 0 Å². The van der Waals surface area contributed by atoms with Crippen LogP contribution < -0.4 is 4.72 Å². The van der Waals surface area contributed by atoms with Crippen LogP contribution in [0.25, 0.3) is 10.4 Å². The van der Waals surface area contributed by atoms with Crippen molar-refractivity contribution in [3.63, 3.8) is 0 Å². The van der Waals surface area contributed by atoms with Crippen LogP contribution in [0.4, 0.5) is 0 Å². The van der Waals surface area contributed by atoms with Crippen LogP contribution in [0.1, 0.15) is 63.8 Å². The Labute approximate surface area is 148 Å². The molecule has 3 rings (SSSR count). The van der Waals surface area contributed by atoms with Crippen LogP contribution >= 0.6 is 23.3 Å². The molecule has 23 heavy (non-hydrogen) atoms. The van der Waals surface area contributed by atoms with Gasteiger partial charge in [0.2, 0.25) is 0 Å². The van der Waals surface area contributed by atoms with Crippen LogP contribution in [0, 0.1) is 0 Å². The van der Waals surface area contributed by atoms with Crippen LogP contribution in [0.15, 0.2) is 35.4 Å². The Balaban J connectivity index is 1.80. The number of thiazole rings is 1. The van der Waals surface area contributed by atoms with Gasteiger partial charge >= 0.3 is 0 Å².